The van der Waals surface area contributed by atoms with Crippen molar-refractivity contribution in [2.75, 3.05) is 11.9 Å². The van der Waals surface area contributed by atoms with Crippen molar-refractivity contribution >= 4 is 17.7 Å². The summed E-state index contributed by atoms with van der Waals surface area (Å²) in [4.78, 5) is 30.5. The molecule has 0 bridgehead atoms. The first-order valence-corrected chi connectivity index (χ1v) is 8.50. The Hall–Kier alpha value is -2.89. The number of carbonyl (C=O) groups is 2. The van der Waals surface area contributed by atoms with Gasteiger partial charge < -0.3 is 15.0 Å². The Balaban J connectivity index is 1.53. The molecule has 0 spiro atoms. The number of pyridine rings is 1. The number of aromatic nitrogens is 1. The standard InChI is InChI=1S/C19H19N3O3/c23-18-16-10-15(7-6-14(16)12-25-18)21-19(24)22-9-2-1-5-17(22)13-4-3-8-20-11-13/h3-4,6-8,10-11,17H,1-2,5,9,12H2,(H,21,24)/t17-/m1/s1. The molecule has 6 nitrogen and oxygen atoms in total. The van der Waals surface area contributed by atoms with E-state index in [2.05, 4.69) is 10.3 Å². The molecule has 2 amide bonds. The number of benzene rings is 1. The van der Waals surface area contributed by atoms with Gasteiger partial charge in [-0.25, -0.2) is 9.59 Å². The summed E-state index contributed by atoms with van der Waals surface area (Å²) in [5, 5.41) is 2.92. The number of fused-ring (bicyclic) bond motifs is 1. The normalized spacial score (nSPS) is 19.3. The number of nitrogens with zero attached hydrogens (tertiary/aromatic N) is 2. The lowest BCUT2D eigenvalue weighted by atomic mass is 9.97. The van der Waals surface area contributed by atoms with Crippen LogP contribution >= 0.6 is 0 Å². The van der Waals surface area contributed by atoms with E-state index in [-0.39, 0.29) is 18.0 Å². The van der Waals surface area contributed by atoms with Gasteiger partial charge in [0.05, 0.1) is 11.6 Å². The van der Waals surface area contributed by atoms with Gasteiger partial charge in [0.2, 0.25) is 0 Å². The molecule has 2 aromatic rings. The number of cyclic esters (lactones) is 1. The third kappa shape index (κ3) is 3.07. The van der Waals surface area contributed by atoms with Gasteiger partial charge in [-0.2, -0.15) is 0 Å². The highest BCUT2D eigenvalue weighted by Gasteiger charge is 2.28. The topological polar surface area (TPSA) is 71.5 Å². The number of hydrogen-bond donors (Lipinski definition) is 1. The number of urea groups is 1. The number of ether oxygens (including phenoxy) is 1. The average molecular weight is 337 g/mol. The quantitative estimate of drug-likeness (QED) is 0.851. The molecule has 0 saturated carbocycles. The zero-order chi connectivity index (χ0) is 17.2. The van der Waals surface area contributed by atoms with E-state index in [4.69, 9.17) is 4.74 Å². The summed E-state index contributed by atoms with van der Waals surface area (Å²) in [6, 6.07) is 9.10. The van der Waals surface area contributed by atoms with E-state index < -0.39 is 0 Å². The number of hydrogen-bond acceptors (Lipinski definition) is 4. The van der Waals surface area contributed by atoms with E-state index in [0.29, 0.717) is 24.4 Å². The van der Waals surface area contributed by atoms with Crippen LogP contribution in [0.4, 0.5) is 10.5 Å². The largest absolute Gasteiger partial charge is 0.457 e. The van der Waals surface area contributed by atoms with Crippen molar-refractivity contribution in [3.8, 4) is 0 Å². The second-order valence-corrected chi connectivity index (χ2v) is 6.37. The predicted octanol–water partition coefficient (Wildman–Crippen LogP) is 3.51. The minimum Gasteiger partial charge on any atom is -0.457 e. The highest BCUT2D eigenvalue weighted by Crippen LogP contribution is 2.31. The Bertz CT molecular complexity index is 807. The van der Waals surface area contributed by atoms with Gasteiger partial charge in [0.25, 0.3) is 0 Å². The predicted molar refractivity (Wildman–Crippen MR) is 92.1 cm³/mol. The number of amides is 2. The molecule has 1 fully saturated rings. The van der Waals surface area contributed by atoms with E-state index in [1.165, 1.54) is 0 Å². The van der Waals surface area contributed by atoms with Gasteiger partial charge >= 0.3 is 12.0 Å². The van der Waals surface area contributed by atoms with Crippen LogP contribution in [0.3, 0.4) is 0 Å². The fourth-order valence-electron chi connectivity index (χ4n) is 3.48. The molecule has 1 aromatic carbocycles. The first-order valence-electron chi connectivity index (χ1n) is 8.50. The van der Waals surface area contributed by atoms with Crippen LogP contribution in [0, 0.1) is 0 Å². The molecular weight excluding hydrogens is 318 g/mol. The lowest BCUT2D eigenvalue weighted by Crippen LogP contribution is -2.41. The van der Waals surface area contributed by atoms with Gasteiger partial charge in [-0.3, -0.25) is 4.98 Å². The number of anilines is 1. The number of likely N-dealkylation sites (tertiary alicyclic amines) is 1. The van der Waals surface area contributed by atoms with Crippen LogP contribution < -0.4 is 5.32 Å². The summed E-state index contributed by atoms with van der Waals surface area (Å²) < 4.78 is 5.01. The maximum absolute atomic E-state index is 12.8. The average Bonchev–Trinajstić information content (AvgIpc) is 3.03. The van der Waals surface area contributed by atoms with E-state index in [0.717, 1.165) is 30.4 Å². The fraction of sp³-hybridized carbons (Fsp3) is 0.316. The van der Waals surface area contributed by atoms with Gasteiger partial charge in [-0.05, 0) is 43.0 Å². The molecule has 1 aromatic heterocycles. The minimum absolute atomic E-state index is 0.0295. The molecule has 0 radical (unpaired) electrons. The summed E-state index contributed by atoms with van der Waals surface area (Å²) in [6.07, 6.45) is 6.56. The van der Waals surface area contributed by atoms with Gasteiger partial charge in [0, 0.05) is 30.2 Å². The molecule has 0 aliphatic carbocycles. The van der Waals surface area contributed by atoms with E-state index >= 15 is 0 Å². The van der Waals surface area contributed by atoms with Gasteiger partial charge in [0.15, 0.2) is 0 Å². The Kier molecular flexibility index (Phi) is 4.09. The van der Waals surface area contributed by atoms with Crippen molar-refractivity contribution in [1.29, 1.82) is 0 Å². The zero-order valence-electron chi connectivity index (χ0n) is 13.8. The van der Waals surface area contributed by atoms with E-state index in [9.17, 15) is 9.59 Å². The van der Waals surface area contributed by atoms with Crippen LogP contribution in [-0.4, -0.2) is 28.4 Å². The number of rotatable bonds is 2. The first kappa shape index (κ1) is 15.6. The smallest absolute Gasteiger partial charge is 0.338 e. The van der Waals surface area contributed by atoms with Gasteiger partial charge in [0.1, 0.15) is 6.61 Å². The highest BCUT2D eigenvalue weighted by molar-refractivity contribution is 5.96. The zero-order valence-corrected chi connectivity index (χ0v) is 13.8. The summed E-state index contributed by atoms with van der Waals surface area (Å²) in [7, 11) is 0. The van der Waals surface area contributed by atoms with Crippen LogP contribution in [0.5, 0.6) is 0 Å². The lowest BCUT2D eigenvalue weighted by Gasteiger charge is -2.35. The molecule has 25 heavy (non-hydrogen) atoms. The molecule has 4 rings (SSSR count). The van der Waals surface area contributed by atoms with Crippen molar-refractivity contribution in [2.45, 2.75) is 31.9 Å². The van der Waals surface area contributed by atoms with E-state index in [1.54, 1.807) is 12.3 Å². The molecule has 3 heterocycles. The third-order valence-corrected chi connectivity index (χ3v) is 4.77. The molecular formula is C19H19N3O3. The number of piperidine rings is 1. The van der Waals surface area contributed by atoms with Crippen LogP contribution in [0.1, 0.15) is 46.8 Å². The van der Waals surface area contributed by atoms with Crippen LogP contribution in [0.15, 0.2) is 42.7 Å². The molecule has 2 aliphatic heterocycles. The molecule has 1 saturated heterocycles. The maximum Gasteiger partial charge on any atom is 0.338 e. The van der Waals surface area contributed by atoms with Crippen molar-refractivity contribution in [3.63, 3.8) is 0 Å². The van der Waals surface area contributed by atoms with Crippen LogP contribution in [-0.2, 0) is 11.3 Å². The molecule has 1 N–H and O–H groups in total. The Labute approximate surface area is 145 Å². The molecule has 2 aliphatic rings. The number of nitrogens with one attached hydrogen (secondary N) is 1. The first-order chi connectivity index (χ1) is 12.2. The molecule has 0 unspecified atom stereocenters. The Morgan fingerprint density at radius 1 is 1.28 bits per heavy atom. The maximum atomic E-state index is 12.8. The number of carbonyl (C=O) groups excluding carboxylic acids is 2. The monoisotopic (exact) mass is 337 g/mol. The Morgan fingerprint density at radius 3 is 3.04 bits per heavy atom. The van der Waals surface area contributed by atoms with Crippen molar-refractivity contribution < 1.29 is 14.3 Å². The Morgan fingerprint density at radius 2 is 2.20 bits per heavy atom. The van der Waals surface area contributed by atoms with Crippen molar-refractivity contribution in [1.82, 2.24) is 9.88 Å². The van der Waals surface area contributed by atoms with Crippen LogP contribution in [0.2, 0.25) is 0 Å². The van der Waals surface area contributed by atoms with Gasteiger partial charge in [-0.15, -0.1) is 0 Å². The molecule has 6 heteroatoms. The summed E-state index contributed by atoms with van der Waals surface area (Å²) in [5.41, 5.74) is 3.04. The number of esters is 1. The summed E-state index contributed by atoms with van der Waals surface area (Å²) in [6.45, 7) is 1.01. The third-order valence-electron chi connectivity index (χ3n) is 4.77. The van der Waals surface area contributed by atoms with Crippen molar-refractivity contribution in [2.24, 2.45) is 0 Å². The summed E-state index contributed by atoms with van der Waals surface area (Å²) in [5.74, 6) is -0.336. The second-order valence-electron chi connectivity index (χ2n) is 6.37. The fourth-order valence-corrected chi connectivity index (χ4v) is 3.48. The molecule has 128 valence electrons. The van der Waals surface area contributed by atoms with Crippen molar-refractivity contribution in [3.05, 3.63) is 59.4 Å². The van der Waals surface area contributed by atoms with Gasteiger partial charge in [-0.1, -0.05) is 12.1 Å². The lowest BCUT2D eigenvalue weighted by molar-refractivity contribution is 0.0535. The SMILES string of the molecule is O=C1OCc2ccc(NC(=O)N3CCCC[C@@H]3c3cccnc3)cc21. The van der Waals surface area contributed by atoms with Crippen LogP contribution in [0.25, 0.3) is 0 Å². The van der Waals surface area contributed by atoms with E-state index in [1.807, 2.05) is 35.4 Å². The molecule has 1 atom stereocenters. The minimum atomic E-state index is -0.336. The highest BCUT2D eigenvalue weighted by atomic mass is 16.5. The second kappa shape index (κ2) is 6.55. The summed E-state index contributed by atoms with van der Waals surface area (Å²) >= 11 is 0.